The molecule has 0 aliphatic heterocycles. The highest BCUT2D eigenvalue weighted by atomic mass is 16.4. The molecule has 1 heterocycles. The van der Waals surface area contributed by atoms with Crippen LogP contribution in [0.2, 0.25) is 0 Å². The molecule has 96 valence electrons. The van der Waals surface area contributed by atoms with Gasteiger partial charge < -0.3 is 20.7 Å². The standard InChI is InChI=1S/C11H12N2O5/c12-10(16)7-2-1-3-13(5-7)6-8(11(17)18)4-9(14)15/h1-3,5,8H,4,6H2,(H3-,12,14,15,16,17,18). The van der Waals surface area contributed by atoms with Crippen molar-refractivity contribution in [3.63, 3.8) is 0 Å². The van der Waals surface area contributed by atoms with Gasteiger partial charge in [-0.05, 0) is 6.07 Å². The largest absolute Gasteiger partial charge is 0.550 e. The number of carbonyl (C=O) groups excluding carboxylic acids is 2. The second-order valence-corrected chi connectivity index (χ2v) is 3.77. The number of hydrogen-bond acceptors (Lipinski definition) is 4. The number of aromatic nitrogens is 1. The minimum Gasteiger partial charge on any atom is -0.550 e. The van der Waals surface area contributed by atoms with Gasteiger partial charge in [-0.15, -0.1) is 0 Å². The van der Waals surface area contributed by atoms with Crippen LogP contribution in [0.5, 0.6) is 0 Å². The van der Waals surface area contributed by atoms with Crippen molar-refractivity contribution in [3.05, 3.63) is 30.1 Å². The molecule has 1 unspecified atom stereocenters. The Balaban J connectivity index is 2.86. The van der Waals surface area contributed by atoms with Gasteiger partial charge in [-0.1, -0.05) is 0 Å². The zero-order chi connectivity index (χ0) is 13.7. The highest BCUT2D eigenvalue weighted by Gasteiger charge is 2.20. The summed E-state index contributed by atoms with van der Waals surface area (Å²) in [6, 6.07) is 3.00. The Hall–Kier alpha value is -2.44. The number of carboxylic acids is 2. The van der Waals surface area contributed by atoms with Gasteiger partial charge in [0, 0.05) is 6.07 Å². The van der Waals surface area contributed by atoms with E-state index in [9.17, 15) is 19.5 Å². The average molecular weight is 252 g/mol. The van der Waals surface area contributed by atoms with Crippen LogP contribution in [0.3, 0.4) is 0 Å². The minimum absolute atomic E-state index is 0.101. The van der Waals surface area contributed by atoms with E-state index in [2.05, 4.69) is 0 Å². The summed E-state index contributed by atoms with van der Waals surface area (Å²) in [6.45, 7) is -0.101. The summed E-state index contributed by atoms with van der Waals surface area (Å²) >= 11 is 0. The number of hydrogen-bond donors (Lipinski definition) is 2. The average Bonchev–Trinajstić information content (AvgIpc) is 2.27. The van der Waals surface area contributed by atoms with Gasteiger partial charge in [0.25, 0.3) is 5.91 Å². The number of primary amides is 1. The number of amides is 1. The maximum absolute atomic E-state index is 10.9. The zero-order valence-electron chi connectivity index (χ0n) is 9.41. The van der Waals surface area contributed by atoms with E-state index in [0.717, 1.165) is 0 Å². The molecule has 1 amide bonds. The first-order chi connectivity index (χ1) is 8.40. The Labute approximate surface area is 102 Å². The topological polar surface area (TPSA) is 124 Å². The lowest BCUT2D eigenvalue weighted by molar-refractivity contribution is -0.702. The normalized spacial score (nSPS) is 11.8. The molecule has 1 rings (SSSR count). The Bertz CT molecular complexity index is 486. The maximum Gasteiger partial charge on any atom is 0.304 e. The second-order valence-electron chi connectivity index (χ2n) is 3.77. The van der Waals surface area contributed by atoms with Gasteiger partial charge in [0.05, 0.1) is 18.3 Å². The molecular weight excluding hydrogens is 240 g/mol. The molecule has 7 nitrogen and oxygen atoms in total. The van der Waals surface area contributed by atoms with Crippen LogP contribution in [-0.2, 0) is 16.1 Å². The van der Waals surface area contributed by atoms with Crippen LogP contribution in [0.1, 0.15) is 16.8 Å². The fourth-order valence-electron chi connectivity index (χ4n) is 1.47. The number of nitrogens with zero attached hydrogens (tertiary/aromatic N) is 1. The summed E-state index contributed by atoms with van der Waals surface area (Å²) in [5, 5.41) is 19.4. The molecular formula is C11H12N2O5. The maximum atomic E-state index is 10.9. The predicted octanol–water partition coefficient (Wildman–Crippen LogP) is -2.09. The number of rotatable bonds is 6. The van der Waals surface area contributed by atoms with Crippen LogP contribution in [0.25, 0.3) is 0 Å². The SMILES string of the molecule is NC(=O)c1ccc[n+](CC(CC(=O)O)C(=O)[O-])c1. The Morgan fingerprint density at radius 1 is 1.44 bits per heavy atom. The van der Waals surface area contributed by atoms with Crippen LogP contribution in [0, 0.1) is 5.92 Å². The van der Waals surface area contributed by atoms with Crippen molar-refractivity contribution in [1.29, 1.82) is 0 Å². The quantitative estimate of drug-likeness (QED) is 0.562. The molecule has 1 aromatic heterocycles. The van der Waals surface area contributed by atoms with E-state index in [4.69, 9.17) is 10.8 Å². The molecule has 0 saturated heterocycles. The lowest BCUT2D eigenvalue weighted by atomic mass is 10.1. The van der Waals surface area contributed by atoms with Gasteiger partial charge >= 0.3 is 5.97 Å². The van der Waals surface area contributed by atoms with E-state index in [1.165, 1.54) is 29.1 Å². The lowest BCUT2D eigenvalue weighted by Crippen LogP contribution is -2.45. The van der Waals surface area contributed by atoms with Gasteiger partial charge in [0.2, 0.25) is 0 Å². The van der Waals surface area contributed by atoms with Crippen molar-refractivity contribution in [2.24, 2.45) is 11.7 Å². The molecule has 0 saturated carbocycles. The number of nitrogens with two attached hydrogens (primary N) is 1. The Morgan fingerprint density at radius 3 is 2.61 bits per heavy atom. The predicted molar refractivity (Wildman–Crippen MR) is 55.9 cm³/mol. The molecule has 0 radical (unpaired) electrons. The monoisotopic (exact) mass is 252 g/mol. The number of pyridine rings is 1. The van der Waals surface area contributed by atoms with Crippen molar-refractivity contribution in [3.8, 4) is 0 Å². The van der Waals surface area contributed by atoms with Crippen molar-refractivity contribution in [2.45, 2.75) is 13.0 Å². The van der Waals surface area contributed by atoms with E-state index in [-0.39, 0.29) is 12.1 Å². The van der Waals surface area contributed by atoms with Gasteiger partial charge in [0.1, 0.15) is 5.56 Å². The third-order valence-electron chi connectivity index (χ3n) is 2.33. The van der Waals surface area contributed by atoms with Crippen molar-refractivity contribution in [1.82, 2.24) is 0 Å². The lowest BCUT2D eigenvalue weighted by Gasteiger charge is -2.12. The highest BCUT2D eigenvalue weighted by Crippen LogP contribution is 2.03. The first-order valence-electron chi connectivity index (χ1n) is 5.11. The smallest absolute Gasteiger partial charge is 0.304 e. The Kier molecular flexibility index (Phi) is 4.36. The van der Waals surface area contributed by atoms with E-state index in [1.54, 1.807) is 0 Å². The van der Waals surface area contributed by atoms with E-state index in [1.807, 2.05) is 0 Å². The fourth-order valence-corrected chi connectivity index (χ4v) is 1.47. The first-order valence-corrected chi connectivity index (χ1v) is 5.11. The summed E-state index contributed by atoms with van der Waals surface area (Å²) in [5.41, 5.74) is 5.29. The molecule has 0 aromatic carbocycles. The van der Waals surface area contributed by atoms with Gasteiger partial charge in [0.15, 0.2) is 18.9 Å². The summed E-state index contributed by atoms with van der Waals surface area (Å²) in [5.74, 6) is -4.49. The third-order valence-corrected chi connectivity index (χ3v) is 2.33. The van der Waals surface area contributed by atoms with Crippen LogP contribution in [0.15, 0.2) is 24.5 Å². The molecule has 0 bridgehead atoms. The minimum atomic E-state index is -1.45. The van der Waals surface area contributed by atoms with Gasteiger partial charge in [-0.3, -0.25) is 9.59 Å². The van der Waals surface area contributed by atoms with E-state index in [0.29, 0.717) is 0 Å². The summed E-state index contributed by atoms with van der Waals surface area (Å²) in [7, 11) is 0. The van der Waals surface area contributed by atoms with Crippen molar-refractivity contribution >= 4 is 17.8 Å². The second kappa shape index (κ2) is 5.76. The third kappa shape index (κ3) is 3.85. The van der Waals surface area contributed by atoms with E-state index >= 15 is 0 Å². The highest BCUT2D eigenvalue weighted by molar-refractivity contribution is 5.92. The number of aliphatic carboxylic acids is 2. The first kappa shape index (κ1) is 13.6. The van der Waals surface area contributed by atoms with E-state index < -0.39 is 30.2 Å². The van der Waals surface area contributed by atoms with Crippen LogP contribution in [0.4, 0.5) is 0 Å². The van der Waals surface area contributed by atoms with Crippen molar-refractivity contribution in [2.75, 3.05) is 0 Å². The van der Waals surface area contributed by atoms with Crippen LogP contribution in [-0.4, -0.2) is 23.0 Å². The summed E-state index contributed by atoms with van der Waals surface area (Å²) < 4.78 is 1.39. The molecule has 1 aromatic rings. The van der Waals surface area contributed by atoms with Gasteiger partial charge in [-0.2, -0.15) is 0 Å². The number of carboxylic acid groups (broad SMARTS) is 2. The molecule has 1 atom stereocenters. The summed E-state index contributed by atoms with van der Waals surface area (Å²) in [4.78, 5) is 32.2. The molecule has 0 spiro atoms. The summed E-state index contributed by atoms with van der Waals surface area (Å²) in [6.07, 6.45) is 2.33. The molecule has 0 fully saturated rings. The molecule has 0 aliphatic carbocycles. The van der Waals surface area contributed by atoms with Crippen LogP contribution < -0.4 is 15.4 Å². The molecule has 7 heteroatoms. The van der Waals surface area contributed by atoms with Crippen molar-refractivity contribution < 1.29 is 29.2 Å². The van der Waals surface area contributed by atoms with Gasteiger partial charge in [-0.25, -0.2) is 4.57 Å². The molecule has 3 N–H and O–H groups in total. The van der Waals surface area contributed by atoms with Crippen LogP contribution >= 0.6 is 0 Å². The zero-order valence-corrected chi connectivity index (χ0v) is 9.41. The fraction of sp³-hybridized carbons (Fsp3) is 0.273. The molecule has 18 heavy (non-hydrogen) atoms. The number of carbonyl (C=O) groups is 3. The Morgan fingerprint density at radius 2 is 2.11 bits per heavy atom. The molecule has 0 aliphatic rings.